The van der Waals surface area contributed by atoms with E-state index in [1.807, 2.05) is 25.7 Å². The average Bonchev–Trinajstić information content (AvgIpc) is 2.80. The second-order valence-electron chi connectivity index (χ2n) is 5.41. The van der Waals surface area contributed by atoms with Gasteiger partial charge >= 0.3 is 0 Å². The van der Waals surface area contributed by atoms with Crippen LogP contribution >= 0.6 is 0 Å². The van der Waals surface area contributed by atoms with E-state index in [0.29, 0.717) is 19.6 Å². The zero-order valence-corrected chi connectivity index (χ0v) is 13.2. The van der Waals surface area contributed by atoms with Gasteiger partial charge in [0.25, 0.3) is 0 Å². The first kappa shape index (κ1) is 16.0. The summed E-state index contributed by atoms with van der Waals surface area (Å²) in [4.78, 5) is 16.3. The lowest BCUT2D eigenvalue weighted by Gasteiger charge is -2.34. The fraction of sp³-hybridized carbons (Fsp3) is 0.733. The lowest BCUT2D eigenvalue weighted by molar-refractivity contribution is -0.134. The van der Waals surface area contributed by atoms with Gasteiger partial charge in [-0.15, -0.1) is 0 Å². The number of piperazine rings is 1. The molecule has 0 aromatic carbocycles. The average molecular weight is 295 g/mol. The highest BCUT2D eigenvalue weighted by Crippen LogP contribution is 2.16. The van der Waals surface area contributed by atoms with Gasteiger partial charge in [-0.25, -0.2) is 0 Å². The molecule has 6 heteroatoms. The molecule has 0 radical (unpaired) electrons. The smallest absolute Gasteiger partial charge is 0.224 e. The first-order valence-electron chi connectivity index (χ1n) is 7.61. The van der Waals surface area contributed by atoms with Crippen molar-refractivity contribution in [2.24, 2.45) is 0 Å². The molecule has 1 aromatic rings. The topological polar surface area (TPSA) is 58.8 Å². The van der Waals surface area contributed by atoms with Crippen molar-refractivity contribution < 1.29 is 14.1 Å². The minimum atomic E-state index is 0.195. The van der Waals surface area contributed by atoms with E-state index in [2.05, 4.69) is 10.1 Å². The largest absolute Gasteiger partial charge is 0.381 e. The monoisotopic (exact) mass is 295 g/mol. The van der Waals surface area contributed by atoms with Crippen molar-refractivity contribution in [1.82, 2.24) is 15.0 Å². The Bertz CT molecular complexity index is 445. The third-order valence-electron chi connectivity index (χ3n) is 3.95. The maximum Gasteiger partial charge on any atom is 0.224 e. The molecule has 1 fully saturated rings. The van der Waals surface area contributed by atoms with Gasteiger partial charge in [-0.05, 0) is 20.8 Å². The highest BCUT2D eigenvalue weighted by Gasteiger charge is 2.22. The Labute approximate surface area is 126 Å². The zero-order valence-electron chi connectivity index (χ0n) is 13.2. The number of carbonyl (C=O) groups is 1. The van der Waals surface area contributed by atoms with Crippen LogP contribution in [0, 0.1) is 13.8 Å². The molecule has 1 amide bonds. The molecule has 1 aromatic heterocycles. The second-order valence-corrected chi connectivity index (χ2v) is 5.41. The molecule has 6 nitrogen and oxygen atoms in total. The zero-order chi connectivity index (χ0) is 15.2. The molecule has 0 saturated carbocycles. The van der Waals surface area contributed by atoms with Gasteiger partial charge in [-0.2, -0.15) is 0 Å². The molecular formula is C15H25N3O3. The standard InChI is InChI=1S/C15H25N3O3/c1-4-20-10-5-15(19)18-8-6-17(7-9-18)11-14-12(2)16-21-13(14)3/h4-11H2,1-3H3. The maximum absolute atomic E-state index is 12.0. The summed E-state index contributed by atoms with van der Waals surface area (Å²) >= 11 is 0. The van der Waals surface area contributed by atoms with Crippen LogP contribution in [0.2, 0.25) is 0 Å². The van der Waals surface area contributed by atoms with Crippen molar-refractivity contribution in [1.29, 1.82) is 0 Å². The van der Waals surface area contributed by atoms with E-state index in [4.69, 9.17) is 9.26 Å². The van der Waals surface area contributed by atoms with E-state index in [1.165, 1.54) is 5.56 Å². The van der Waals surface area contributed by atoms with Gasteiger partial charge < -0.3 is 14.2 Å². The van der Waals surface area contributed by atoms with E-state index in [0.717, 1.165) is 44.2 Å². The summed E-state index contributed by atoms with van der Waals surface area (Å²) in [7, 11) is 0. The molecule has 118 valence electrons. The normalized spacial score (nSPS) is 16.4. The van der Waals surface area contributed by atoms with Crippen molar-refractivity contribution in [2.45, 2.75) is 33.7 Å². The number of aryl methyl sites for hydroxylation is 2. The molecule has 0 aliphatic carbocycles. The molecule has 1 aliphatic heterocycles. The van der Waals surface area contributed by atoms with Gasteiger partial charge in [0.15, 0.2) is 0 Å². The van der Waals surface area contributed by atoms with E-state index in [9.17, 15) is 4.79 Å². The summed E-state index contributed by atoms with van der Waals surface area (Å²) in [5.41, 5.74) is 2.13. The second kappa shape index (κ2) is 7.56. The Balaban J connectivity index is 1.77. The number of hydrogen-bond donors (Lipinski definition) is 0. The molecular weight excluding hydrogens is 270 g/mol. The van der Waals surface area contributed by atoms with E-state index < -0.39 is 0 Å². The molecule has 2 heterocycles. The lowest BCUT2D eigenvalue weighted by Crippen LogP contribution is -2.48. The molecule has 2 rings (SSSR count). The van der Waals surface area contributed by atoms with Gasteiger partial charge in [0.2, 0.25) is 5.91 Å². The molecule has 0 atom stereocenters. The fourth-order valence-corrected chi connectivity index (χ4v) is 2.57. The van der Waals surface area contributed by atoms with Crippen LogP contribution in [0.25, 0.3) is 0 Å². The van der Waals surface area contributed by atoms with E-state index >= 15 is 0 Å². The van der Waals surface area contributed by atoms with Crippen molar-refractivity contribution >= 4 is 5.91 Å². The molecule has 21 heavy (non-hydrogen) atoms. The number of amides is 1. The Hall–Kier alpha value is -1.40. The molecule has 0 N–H and O–H groups in total. The van der Waals surface area contributed by atoms with Crippen molar-refractivity contribution in [3.63, 3.8) is 0 Å². The number of aromatic nitrogens is 1. The van der Waals surface area contributed by atoms with Crippen LogP contribution in [0.5, 0.6) is 0 Å². The summed E-state index contributed by atoms with van der Waals surface area (Å²) in [5.74, 6) is 1.09. The Kier molecular flexibility index (Phi) is 5.76. The number of carbonyl (C=O) groups excluding carboxylic acids is 1. The Morgan fingerprint density at radius 1 is 1.29 bits per heavy atom. The summed E-state index contributed by atoms with van der Waals surface area (Å²) in [6.45, 7) is 11.3. The molecule has 1 saturated heterocycles. The van der Waals surface area contributed by atoms with Gasteiger partial charge in [-0.1, -0.05) is 5.16 Å². The van der Waals surface area contributed by atoms with E-state index in [-0.39, 0.29) is 5.91 Å². The third-order valence-corrected chi connectivity index (χ3v) is 3.95. The minimum absolute atomic E-state index is 0.195. The summed E-state index contributed by atoms with van der Waals surface area (Å²) in [5, 5.41) is 3.99. The first-order chi connectivity index (χ1) is 10.1. The lowest BCUT2D eigenvalue weighted by atomic mass is 10.1. The quantitative estimate of drug-likeness (QED) is 0.742. The van der Waals surface area contributed by atoms with Crippen LogP contribution < -0.4 is 0 Å². The first-order valence-corrected chi connectivity index (χ1v) is 7.61. The predicted molar refractivity (Wildman–Crippen MR) is 78.9 cm³/mol. The highest BCUT2D eigenvalue weighted by atomic mass is 16.5. The Morgan fingerprint density at radius 2 is 2.00 bits per heavy atom. The van der Waals surface area contributed by atoms with Gasteiger partial charge in [0.05, 0.1) is 18.7 Å². The number of ether oxygens (including phenoxy) is 1. The maximum atomic E-state index is 12.0. The van der Waals surface area contributed by atoms with Crippen LogP contribution in [0.4, 0.5) is 0 Å². The summed E-state index contributed by atoms with van der Waals surface area (Å²) in [6.07, 6.45) is 0.484. The van der Waals surface area contributed by atoms with E-state index in [1.54, 1.807) is 0 Å². The molecule has 0 bridgehead atoms. The predicted octanol–water partition coefficient (Wildman–Crippen LogP) is 1.36. The fourth-order valence-electron chi connectivity index (χ4n) is 2.57. The van der Waals surface area contributed by atoms with Crippen LogP contribution in [0.1, 0.15) is 30.4 Å². The van der Waals surface area contributed by atoms with Crippen LogP contribution in [0.3, 0.4) is 0 Å². The Morgan fingerprint density at radius 3 is 2.57 bits per heavy atom. The van der Waals surface area contributed by atoms with Crippen molar-refractivity contribution in [3.8, 4) is 0 Å². The van der Waals surface area contributed by atoms with Gasteiger partial charge in [0, 0.05) is 44.9 Å². The van der Waals surface area contributed by atoms with Crippen LogP contribution in [-0.4, -0.2) is 60.3 Å². The minimum Gasteiger partial charge on any atom is -0.381 e. The molecule has 1 aliphatic rings. The van der Waals surface area contributed by atoms with Gasteiger partial charge in [-0.3, -0.25) is 9.69 Å². The third kappa shape index (κ3) is 4.28. The number of hydrogen-bond acceptors (Lipinski definition) is 5. The number of nitrogens with zero attached hydrogens (tertiary/aromatic N) is 3. The highest BCUT2D eigenvalue weighted by molar-refractivity contribution is 5.76. The van der Waals surface area contributed by atoms with Crippen LogP contribution in [-0.2, 0) is 16.1 Å². The van der Waals surface area contributed by atoms with Crippen LogP contribution in [0.15, 0.2) is 4.52 Å². The SMILES string of the molecule is CCOCCC(=O)N1CCN(Cc2c(C)noc2C)CC1. The molecule has 0 spiro atoms. The molecule has 0 unspecified atom stereocenters. The summed E-state index contributed by atoms with van der Waals surface area (Å²) in [6, 6.07) is 0. The summed E-state index contributed by atoms with van der Waals surface area (Å²) < 4.78 is 10.4. The number of rotatable bonds is 6. The van der Waals surface area contributed by atoms with Gasteiger partial charge in [0.1, 0.15) is 5.76 Å². The van der Waals surface area contributed by atoms with Crippen molar-refractivity contribution in [3.05, 3.63) is 17.0 Å². The van der Waals surface area contributed by atoms with Crippen molar-refractivity contribution in [2.75, 3.05) is 39.4 Å².